The van der Waals surface area contributed by atoms with E-state index < -0.39 is 12.0 Å². The molecule has 1 aliphatic carbocycles. The first kappa shape index (κ1) is 29.0. The van der Waals surface area contributed by atoms with Gasteiger partial charge in [-0.25, -0.2) is 8.78 Å². The summed E-state index contributed by atoms with van der Waals surface area (Å²) in [5.41, 5.74) is 1.84. The molecule has 9 bridgehead atoms. The van der Waals surface area contributed by atoms with Crippen molar-refractivity contribution in [3.63, 3.8) is 0 Å². The Morgan fingerprint density at radius 2 is 1.96 bits per heavy atom. The van der Waals surface area contributed by atoms with Gasteiger partial charge in [-0.1, -0.05) is 11.6 Å². The molecule has 1 spiro atoms. The molecule has 14 heteroatoms. The third-order valence-electron chi connectivity index (χ3n) is 11.7. The van der Waals surface area contributed by atoms with Gasteiger partial charge < -0.3 is 14.1 Å². The summed E-state index contributed by atoms with van der Waals surface area (Å²) >= 11 is 6.89. The van der Waals surface area contributed by atoms with E-state index in [4.69, 9.17) is 35.7 Å². The summed E-state index contributed by atoms with van der Waals surface area (Å²) < 4.78 is 44.3. The van der Waals surface area contributed by atoms with Crippen LogP contribution in [0, 0.1) is 11.2 Å². The molecule has 12 rings (SSSR count). The molecule has 1 aromatic carbocycles. The molecule has 1 N–H and O–H groups in total. The van der Waals surface area contributed by atoms with E-state index in [1.807, 2.05) is 0 Å². The highest BCUT2D eigenvalue weighted by molar-refractivity contribution is 6.33. The van der Waals surface area contributed by atoms with Crippen molar-refractivity contribution in [2.24, 2.45) is 5.41 Å². The average molecular weight is 674 g/mol. The van der Waals surface area contributed by atoms with Crippen LogP contribution in [0.1, 0.15) is 68.2 Å². The van der Waals surface area contributed by atoms with Crippen LogP contribution < -0.4 is 9.64 Å². The van der Waals surface area contributed by atoms with Crippen LogP contribution in [0.15, 0.2) is 22.9 Å². The predicted molar refractivity (Wildman–Crippen MR) is 173 cm³/mol. The Hall–Kier alpha value is -3.97. The van der Waals surface area contributed by atoms with Gasteiger partial charge in [-0.2, -0.15) is 15.1 Å². The molecular formula is C34H34ClF2N9O2. The Morgan fingerprint density at radius 1 is 1.06 bits per heavy atom. The van der Waals surface area contributed by atoms with Crippen LogP contribution in [0.5, 0.6) is 6.01 Å². The van der Waals surface area contributed by atoms with E-state index in [9.17, 15) is 4.39 Å². The fourth-order valence-corrected chi connectivity index (χ4v) is 9.71. The number of pyridine rings is 1. The Morgan fingerprint density at radius 3 is 2.88 bits per heavy atom. The second-order valence-electron chi connectivity index (χ2n) is 14.6. The van der Waals surface area contributed by atoms with Gasteiger partial charge in [0.1, 0.15) is 29.8 Å². The maximum Gasteiger partial charge on any atom is 0.319 e. The van der Waals surface area contributed by atoms with Crippen molar-refractivity contribution in [3.05, 3.63) is 46.6 Å². The van der Waals surface area contributed by atoms with Gasteiger partial charge in [0.05, 0.1) is 22.6 Å². The average Bonchev–Trinajstić information content (AvgIpc) is 3.86. The first-order valence-electron chi connectivity index (χ1n) is 17.0. The number of benzene rings is 1. The van der Waals surface area contributed by atoms with E-state index in [1.54, 1.807) is 18.5 Å². The minimum absolute atomic E-state index is 0.0651. The van der Waals surface area contributed by atoms with Crippen molar-refractivity contribution in [2.45, 2.75) is 75.4 Å². The number of nitrogens with zero attached hydrogens (tertiary/aromatic N) is 8. The van der Waals surface area contributed by atoms with E-state index in [2.05, 4.69) is 30.2 Å². The van der Waals surface area contributed by atoms with Crippen LogP contribution in [-0.2, 0) is 12.8 Å². The Bertz CT molecular complexity index is 2100. The van der Waals surface area contributed by atoms with E-state index in [0.29, 0.717) is 75.8 Å². The van der Waals surface area contributed by atoms with Crippen LogP contribution in [-0.4, -0.2) is 84.7 Å². The number of H-pyrrole nitrogens is 1. The summed E-state index contributed by atoms with van der Waals surface area (Å²) in [5.74, 6) is 1.42. The summed E-state index contributed by atoms with van der Waals surface area (Å²) in [6.07, 6.45) is 9.52. The minimum atomic E-state index is -0.884. The lowest BCUT2D eigenvalue weighted by atomic mass is 9.58. The third kappa shape index (κ3) is 4.38. The van der Waals surface area contributed by atoms with E-state index in [-0.39, 0.29) is 40.7 Å². The maximum atomic E-state index is 17.2. The van der Waals surface area contributed by atoms with Crippen LogP contribution in [0.25, 0.3) is 33.1 Å². The maximum absolute atomic E-state index is 17.2. The van der Waals surface area contributed by atoms with E-state index in [1.165, 1.54) is 0 Å². The van der Waals surface area contributed by atoms with Crippen molar-refractivity contribution in [1.29, 1.82) is 0 Å². The molecule has 0 radical (unpaired) electrons. The van der Waals surface area contributed by atoms with Crippen LogP contribution >= 0.6 is 11.6 Å². The monoisotopic (exact) mass is 673 g/mol. The molecule has 48 heavy (non-hydrogen) atoms. The number of ether oxygens (including phenoxy) is 1. The number of aryl methyl sites for hydroxylation is 1. The van der Waals surface area contributed by atoms with Gasteiger partial charge in [0.15, 0.2) is 5.82 Å². The zero-order valence-electron chi connectivity index (χ0n) is 26.3. The number of aromatic nitrogens is 7. The zero-order chi connectivity index (χ0) is 32.2. The highest BCUT2D eigenvalue weighted by Gasteiger charge is 2.51. The van der Waals surface area contributed by atoms with Crippen molar-refractivity contribution >= 4 is 39.2 Å². The number of anilines is 1. The van der Waals surface area contributed by atoms with E-state index >= 15 is 4.39 Å². The minimum Gasteiger partial charge on any atom is -0.461 e. The zero-order valence-corrected chi connectivity index (χ0v) is 27.1. The molecule has 0 amide bonds. The number of halogens is 3. The second kappa shape index (κ2) is 10.5. The number of hydrogen-bond acceptors (Lipinski definition) is 10. The smallest absolute Gasteiger partial charge is 0.319 e. The number of nitrogens with one attached hydrogen (secondary N) is 1. The fraction of sp³-hybridized carbons (Fsp3) is 0.529. The first-order chi connectivity index (χ1) is 23.4. The largest absolute Gasteiger partial charge is 0.461 e. The quantitative estimate of drug-likeness (QED) is 0.245. The molecule has 2 atom stereocenters. The first-order valence-corrected chi connectivity index (χ1v) is 17.4. The predicted octanol–water partition coefficient (Wildman–Crippen LogP) is 5.96. The van der Waals surface area contributed by atoms with Gasteiger partial charge in [0.25, 0.3) is 0 Å². The lowest BCUT2D eigenvalue weighted by Crippen LogP contribution is -2.50. The van der Waals surface area contributed by atoms with Crippen molar-refractivity contribution < 1.29 is 17.9 Å². The molecule has 3 saturated heterocycles. The SMILES string of the molecule is Fc1c2ncc3c(nc(OC[C@@]45CCCN4C[C@H](F)C5)nc13)N1CCCC3(CC(C3)c3nnc(o3)CCc3c(Cl)cc4[nH]ncc4c3-2)C1. The van der Waals surface area contributed by atoms with E-state index in [0.717, 1.165) is 58.2 Å². The highest BCUT2D eigenvalue weighted by Crippen LogP contribution is 2.56. The molecule has 1 saturated carbocycles. The highest BCUT2D eigenvalue weighted by atomic mass is 35.5. The topological polar surface area (TPSA) is 122 Å². The lowest BCUT2D eigenvalue weighted by Gasteiger charge is -2.52. The van der Waals surface area contributed by atoms with Crippen molar-refractivity contribution in [2.75, 3.05) is 37.7 Å². The molecule has 4 aromatic heterocycles. The molecule has 10 heterocycles. The molecule has 5 aromatic rings. The van der Waals surface area contributed by atoms with Crippen LogP contribution in [0.2, 0.25) is 5.02 Å². The van der Waals surface area contributed by atoms with Crippen molar-refractivity contribution in [3.8, 4) is 17.3 Å². The molecule has 7 aliphatic rings. The Balaban J connectivity index is 1.15. The molecule has 4 fully saturated rings. The summed E-state index contributed by atoms with van der Waals surface area (Å²) in [4.78, 5) is 18.8. The van der Waals surface area contributed by atoms with Gasteiger partial charge in [0.2, 0.25) is 11.8 Å². The Kier molecular flexibility index (Phi) is 6.35. The molecule has 6 aliphatic heterocycles. The number of piperidine rings is 1. The summed E-state index contributed by atoms with van der Waals surface area (Å²) in [6, 6.07) is 1.90. The number of rotatable bonds is 3. The van der Waals surface area contributed by atoms with Crippen molar-refractivity contribution in [1.82, 2.24) is 40.2 Å². The van der Waals surface area contributed by atoms with Gasteiger partial charge in [0, 0.05) is 60.6 Å². The molecule has 248 valence electrons. The third-order valence-corrected chi connectivity index (χ3v) is 12.0. The normalized spacial score (nSPS) is 28.2. The number of aromatic amines is 1. The molecule has 0 unspecified atom stereocenters. The van der Waals surface area contributed by atoms with Crippen LogP contribution in [0.3, 0.4) is 0 Å². The second-order valence-corrected chi connectivity index (χ2v) is 15.0. The Labute approximate surface area is 279 Å². The standard InChI is InChI=1S/C34H34ClF2N9O2/c35-23-9-24-21(14-39-42-24)26-20(23)3-4-25-43-44-31(48-25)18-10-33(11-18)5-1-7-45(16-33)30-22-13-38-29(26)27(37)28(22)40-32(41-30)47-17-34-6-2-8-46(34)15-19(36)12-34/h9,13-14,18-19H,1-8,10-12,15-17H2,(H,39,42)/t18?,19-,33?,34+/m1/s1. The number of hydrogen-bond donors (Lipinski definition) is 1. The fourth-order valence-electron chi connectivity index (χ4n) is 9.41. The summed E-state index contributed by atoms with van der Waals surface area (Å²) in [5, 5.41) is 17.7. The van der Waals surface area contributed by atoms with Gasteiger partial charge in [-0.05, 0) is 68.5 Å². The molecule has 11 nitrogen and oxygen atoms in total. The summed E-state index contributed by atoms with van der Waals surface area (Å²) in [6.45, 7) is 3.05. The molecular weight excluding hydrogens is 640 g/mol. The number of fused-ring (bicyclic) bond motifs is 2. The summed E-state index contributed by atoms with van der Waals surface area (Å²) in [7, 11) is 0. The number of alkyl halides is 1. The van der Waals surface area contributed by atoms with Gasteiger partial charge in [-0.3, -0.25) is 15.0 Å². The van der Waals surface area contributed by atoms with Crippen LogP contribution in [0.4, 0.5) is 14.6 Å². The lowest BCUT2D eigenvalue weighted by molar-refractivity contribution is 0.0656. The van der Waals surface area contributed by atoms with Gasteiger partial charge in [-0.15, -0.1) is 10.2 Å². The van der Waals surface area contributed by atoms with Gasteiger partial charge >= 0.3 is 6.01 Å².